The molecule has 0 atom stereocenters. The van der Waals surface area contributed by atoms with Gasteiger partial charge < -0.3 is 9.88 Å². The zero-order valence-corrected chi connectivity index (χ0v) is 17.1. The van der Waals surface area contributed by atoms with Crippen molar-refractivity contribution in [2.75, 3.05) is 5.32 Å². The van der Waals surface area contributed by atoms with Crippen LogP contribution in [0.3, 0.4) is 0 Å². The first-order valence-corrected chi connectivity index (χ1v) is 9.71. The van der Waals surface area contributed by atoms with Crippen LogP contribution in [0.5, 0.6) is 0 Å². The third-order valence-corrected chi connectivity index (χ3v) is 5.28. The highest BCUT2D eigenvalue weighted by molar-refractivity contribution is 6.07. The molecule has 1 N–H and O–H groups in total. The standard InChI is InChI=1S/C24H22N4O2/c1-15-19-6-4-5-7-21(19)26-16(2)20(15)14-22(29)27-18-10-8-17(9-11-18)23(30)24-25-12-13-28(24)3/h4-13H,14H2,1-3H3,(H,27,29). The molecule has 0 saturated carbocycles. The fraction of sp³-hybridized carbons (Fsp3) is 0.167. The van der Waals surface area contributed by atoms with E-state index in [1.807, 2.05) is 38.1 Å². The van der Waals surface area contributed by atoms with Gasteiger partial charge in [0.15, 0.2) is 5.82 Å². The average molecular weight is 398 g/mol. The van der Waals surface area contributed by atoms with Crippen molar-refractivity contribution in [1.82, 2.24) is 14.5 Å². The Morgan fingerprint density at radius 1 is 1.03 bits per heavy atom. The minimum Gasteiger partial charge on any atom is -0.331 e. The van der Waals surface area contributed by atoms with Gasteiger partial charge in [-0.1, -0.05) is 18.2 Å². The monoisotopic (exact) mass is 398 g/mol. The number of para-hydroxylation sites is 1. The molecule has 6 heteroatoms. The molecule has 0 aliphatic rings. The second-order valence-corrected chi connectivity index (χ2v) is 7.31. The van der Waals surface area contributed by atoms with Crippen LogP contribution < -0.4 is 5.32 Å². The highest BCUT2D eigenvalue weighted by Gasteiger charge is 2.15. The summed E-state index contributed by atoms with van der Waals surface area (Å²) in [5.41, 5.74) is 4.96. The van der Waals surface area contributed by atoms with Crippen LogP contribution in [0.2, 0.25) is 0 Å². The Balaban J connectivity index is 1.49. The summed E-state index contributed by atoms with van der Waals surface area (Å²) in [6.07, 6.45) is 3.56. The van der Waals surface area contributed by atoms with Gasteiger partial charge in [-0.05, 0) is 55.3 Å². The number of amides is 1. The minimum absolute atomic E-state index is 0.124. The van der Waals surface area contributed by atoms with Gasteiger partial charge in [0.2, 0.25) is 11.7 Å². The predicted molar refractivity (Wildman–Crippen MR) is 117 cm³/mol. The third-order valence-electron chi connectivity index (χ3n) is 5.28. The number of aromatic nitrogens is 3. The molecule has 150 valence electrons. The number of rotatable bonds is 5. The van der Waals surface area contributed by atoms with E-state index in [1.165, 1.54) is 0 Å². The normalized spacial score (nSPS) is 10.9. The number of aryl methyl sites for hydroxylation is 3. The van der Waals surface area contributed by atoms with Gasteiger partial charge in [-0.2, -0.15) is 0 Å². The lowest BCUT2D eigenvalue weighted by Crippen LogP contribution is -2.16. The largest absolute Gasteiger partial charge is 0.331 e. The van der Waals surface area contributed by atoms with E-state index in [0.717, 1.165) is 27.7 Å². The summed E-state index contributed by atoms with van der Waals surface area (Å²) in [5.74, 6) is 0.0943. The Morgan fingerprint density at radius 2 is 1.77 bits per heavy atom. The minimum atomic E-state index is -0.158. The van der Waals surface area contributed by atoms with Crippen molar-refractivity contribution in [1.29, 1.82) is 0 Å². The van der Waals surface area contributed by atoms with Crippen molar-refractivity contribution in [2.45, 2.75) is 20.3 Å². The number of carbonyl (C=O) groups excluding carboxylic acids is 2. The van der Waals surface area contributed by atoms with Gasteiger partial charge >= 0.3 is 0 Å². The number of carbonyl (C=O) groups is 2. The second-order valence-electron chi connectivity index (χ2n) is 7.31. The molecule has 2 aromatic carbocycles. The quantitative estimate of drug-likeness (QED) is 0.516. The third kappa shape index (κ3) is 3.72. The highest BCUT2D eigenvalue weighted by Crippen LogP contribution is 2.23. The van der Waals surface area contributed by atoms with E-state index in [9.17, 15) is 9.59 Å². The molecule has 0 fully saturated rings. The Morgan fingerprint density at radius 3 is 2.47 bits per heavy atom. The molecule has 0 unspecified atom stereocenters. The molecule has 0 bridgehead atoms. The summed E-state index contributed by atoms with van der Waals surface area (Å²) >= 11 is 0. The molecule has 0 spiro atoms. The lowest BCUT2D eigenvalue weighted by molar-refractivity contribution is -0.115. The number of ketones is 1. The topological polar surface area (TPSA) is 76.9 Å². The molecule has 0 saturated heterocycles. The lowest BCUT2D eigenvalue weighted by atomic mass is 9.99. The first-order valence-electron chi connectivity index (χ1n) is 9.71. The van der Waals surface area contributed by atoms with Crippen LogP contribution >= 0.6 is 0 Å². The molecule has 1 amide bonds. The van der Waals surface area contributed by atoms with Crippen LogP contribution in [0.25, 0.3) is 10.9 Å². The summed E-state index contributed by atoms with van der Waals surface area (Å²) < 4.78 is 1.68. The number of hydrogen-bond donors (Lipinski definition) is 1. The van der Waals surface area contributed by atoms with Crippen LogP contribution in [0.4, 0.5) is 5.69 Å². The number of anilines is 1. The molecule has 0 aliphatic heterocycles. The molecule has 2 heterocycles. The molecule has 4 aromatic rings. The highest BCUT2D eigenvalue weighted by atomic mass is 16.1. The Bertz CT molecular complexity index is 1260. The van der Waals surface area contributed by atoms with Gasteiger partial charge in [0.1, 0.15) is 0 Å². The molecule has 4 rings (SSSR count). The van der Waals surface area contributed by atoms with Gasteiger partial charge in [-0.25, -0.2) is 4.98 Å². The number of hydrogen-bond acceptors (Lipinski definition) is 4. The first-order chi connectivity index (χ1) is 14.4. The number of pyridine rings is 1. The number of imidazole rings is 1. The van der Waals surface area contributed by atoms with Gasteiger partial charge in [0, 0.05) is 41.8 Å². The first kappa shape index (κ1) is 19.5. The number of nitrogens with one attached hydrogen (secondary N) is 1. The fourth-order valence-electron chi connectivity index (χ4n) is 3.61. The van der Waals surface area contributed by atoms with E-state index in [-0.39, 0.29) is 18.1 Å². The molecule has 30 heavy (non-hydrogen) atoms. The Labute approximate surface area is 174 Å². The smallest absolute Gasteiger partial charge is 0.228 e. The average Bonchev–Trinajstić information content (AvgIpc) is 3.17. The molecule has 0 radical (unpaired) electrons. The second kappa shape index (κ2) is 7.91. The zero-order chi connectivity index (χ0) is 21.3. The maximum atomic E-state index is 12.7. The maximum absolute atomic E-state index is 12.7. The van der Waals surface area contributed by atoms with Gasteiger partial charge in [0.25, 0.3) is 0 Å². The van der Waals surface area contributed by atoms with Crippen molar-refractivity contribution in [3.05, 3.63) is 89.1 Å². The van der Waals surface area contributed by atoms with Crippen LogP contribution in [-0.2, 0) is 18.3 Å². The van der Waals surface area contributed by atoms with Crippen molar-refractivity contribution < 1.29 is 9.59 Å². The summed E-state index contributed by atoms with van der Waals surface area (Å²) in [5, 5.41) is 3.96. The number of benzene rings is 2. The maximum Gasteiger partial charge on any atom is 0.228 e. The number of nitrogens with zero attached hydrogens (tertiary/aromatic N) is 3. The van der Waals surface area contributed by atoms with Crippen LogP contribution in [0.1, 0.15) is 33.0 Å². The van der Waals surface area contributed by atoms with Gasteiger partial charge in [0.05, 0.1) is 11.9 Å². The van der Waals surface area contributed by atoms with E-state index in [1.54, 1.807) is 48.3 Å². The molecular formula is C24H22N4O2. The van der Waals surface area contributed by atoms with E-state index in [2.05, 4.69) is 15.3 Å². The van der Waals surface area contributed by atoms with Gasteiger partial charge in [-0.15, -0.1) is 0 Å². The molecule has 2 aromatic heterocycles. The Kier molecular flexibility index (Phi) is 5.14. The lowest BCUT2D eigenvalue weighted by Gasteiger charge is -2.13. The number of fused-ring (bicyclic) bond motifs is 1. The van der Waals surface area contributed by atoms with Crippen LogP contribution in [-0.4, -0.2) is 26.2 Å². The Hall–Kier alpha value is -3.80. The van der Waals surface area contributed by atoms with E-state index in [4.69, 9.17) is 0 Å². The van der Waals surface area contributed by atoms with Crippen LogP contribution in [0, 0.1) is 13.8 Å². The fourth-order valence-corrected chi connectivity index (χ4v) is 3.61. The van der Waals surface area contributed by atoms with E-state index >= 15 is 0 Å². The SMILES string of the molecule is Cc1nc2ccccc2c(C)c1CC(=O)Nc1ccc(C(=O)c2nccn2C)cc1. The van der Waals surface area contributed by atoms with Crippen LogP contribution in [0.15, 0.2) is 60.9 Å². The predicted octanol–water partition coefficient (Wildman–Crippen LogP) is 4.00. The van der Waals surface area contributed by atoms with Crippen molar-refractivity contribution in [3.63, 3.8) is 0 Å². The van der Waals surface area contributed by atoms with E-state index < -0.39 is 0 Å². The van der Waals surface area contributed by atoms with Crippen molar-refractivity contribution >= 4 is 28.3 Å². The molecule has 0 aliphatic carbocycles. The molecular weight excluding hydrogens is 376 g/mol. The van der Waals surface area contributed by atoms with Crippen molar-refractivity contribution in [2.24, 2.45) is 7.05 Å². The molecule has 6 nitrogen and oxygen atoms in total. The summed E-state index contributed by atoms with van der Waals surface area (Å²) in [6.45, 7) is 3.96. The summed E-state index contributed by atoms with van der Waals surface area (Å²) in [7, 11) is 1.78. The summed E-state index contributed by atoms with van der Waals surface area (Å²) in [4.78, 5) is 33.9. The zero-order valence-electron chi connectivity index (χ0n) is 17.1. The van der Waals surface area contributed by atoms with E-state index in [0.29, 0.717) is 17.1 Å². The summed E-state index contributed by atoms with van der Waals surface area (Å²) in [6, 6.07) is 14.8. The van der Waals surface area contributed by atoms with Crippen molar-refractivity contribution in [3.8, 4) is 0 Å². The van der Waals surface area contributed by atoms with Gasteiger partial charge in [-0.3, -0.25) is 14.6 Å².